The zero-order valence-corrected chi connectivity index (χ0v) is 22.0. The van der Waals surface area contributed by atoms with Gasteiger partial charge < -0.3 is 30.0 Å². The molecule has 2 aromatic rings. The minimum atomic E-state index is -1.10. The Hall–Kier alpha value is -3.68. The van der Waals surface area contributed by atoms with Crippen LogP contribution in [-0.2, 0) is 9.53 Å². The molecule has 1 unspecified atom stereocenters. The van der Waals surface area contributed by atoms with E-state index in [1.807, 2.05) is 37.3 Å². The molecule has 9 heteroatoms. The molecule has 1 atom stereocenters. The van der Waals surface area contributed by atoms with Gasteiger partial charge in [-0.2, -0.15) is 5.26 Å². The van der Waals surface area contributed by atoms with Crippen LogP contribution in [0, 0.1) is 11.3 Å². The average molecular weight is 521 g/mol. The van der Waals surface area contributed by atoms with E-state index in [1.165, 1.54) is 0 Å². The summed E-state index contributed by atoms with van der Waals surface area (Å²) in [5.74, 6) is 0.323. The highest BCUT2D eigenvalue weighted by atomic mass is 16.5. The lowest BCUT2D eigenvalue weighted by Gasteiger charge is -2.26. The van der Waals surface area contributed by atoms with Crippen LogP contribution in [0.25, 0.3) is 29.6 Å². The second-order valence-electron chi connectivity index (χ2n) is 9.00. The molecular weight excluding hydrogens is 484 g/mol. The lowest BCUT2D eigenvalue weighted by molar-refractivity contribution is -0.117. The van der Waals surface area contributed by atoms with Crippen LogP contribution in [0.2, 0.25) is 0 Å². The van der Waals surface area contributed by atoms with Gasteiger partial charge in [-0.15, -0.1) is 0 Å². The third-order valence-electron chi connectivity index (χ3n) is 6.31. The fourth-order valence-electron chi connectivity index (χ4n) is 3.97. The third-order valence-corrected chi connectivity index (χ3v) is 6.31. The summed E-state index contributed by atoms with van der Waals surface area (Å²) < 4.78 is 11.4. The van der Waals surface area contributed by atoms with E-state index in [2.05, 4.69) is 28.2 Å². The highest BCUT2D eigenvalue weighted by Gasteiger charge is 2.17. The normalized spacial score (nSPS) is 16.5. The molecule has 1 saturated heterocycles. The van der Waals surface area contributed by atoms with Gasteiger partial charge in [-0.3, -0.25) is 9.69 Å². The quantitative estimate of drug-likeness (QED) is 0.252. The minimum Gasteiger partial charge on any atom is -0.456 e. The molecular formula is C29H36N4O5. The summed E-state index contributed by atoms with van der Waals surface area (Å²) in [6.07, 6.45) is 3.01. The van der Waals surface area contributed by atoms with Gasteiger partial charge >= 0.3 is 0 Å². The maximum absolute atomic E-state index is 12.4. The molecule has 9 nitrogen and oxygen atoms in total. The molecule has 4 N–H and O–H groups in total. The minimum absolute atomic E-state index is 0.126. The molecule has 0 aliphatic carbocycles. The van der Waals surface area contributed by atoms with E-state index in [9.17, 15) is 15.2 Å². The lowest BCUT2D eigenvalue weighted by atomic mass is 10.1. The van der Waals surface area contributed by atoms with Crippen molar-refractivity contribution in [2.24, 2.45) is 0 Å². The Morgan fingerprint density at radius 2 is 2.03 bits per heavy atom. The second-order valence-corrected chi connectivity index (χ2v) is 9.00. The van der Waals surface area contributed by atoms with Gasteiger partial charge in [-0.05, 0) is 48.6 Å². The number of rotatable bonds is 11. The van der Waals surface area contributed by atoms with Gasteiger partial charge in [0, 0.05) is 49.6 Å². The molecule has 0 spiro atoms. The first-order valence-electron chi connectivity index (χ1n) is 12.7. The summed E-state index contributed by atoms with van der Waals surface area (Å²) in [5, 5.41) is 35.6. The fraction of sp³-hybridized carbons (Fsp3) is 0.379. The number of amides is 1. The van der Waals surface area contributed by atoms with Crippen molar-refractivity contribution in [3.05, 3.63) is 63.9 Å². The van der Waals surface area contributed by atoms with Gasteiger partial charge in [0.25, 0.3) is 5.91 Å². The summed E-state index contributed by atoms with van der Waals surface area (Å²) in [6.45, 7) is 12.5. The van der Waals surface area contributed by atoms with E-state index in [-0.39, 0.29) is 12.1 Å². The number of carbonyl (C=O) groups is 1. The summed E-state index contributed by atoms with van der Waals surface area (Å²) in [4.78, 5) is 14.8. The van der Waals surface area contributed by atoms with Crippen molar-refractivity contribution in [3.63, 3.8) is 0 Å². The Bertz CT molecular complexity index is 1320. The van der Waals surface area contributed by atoms with Crippen molar-refractivity contribution in [3.8, 4) is 17.4 Å². The number of nitrogens with one attached hydrogen (secondary N) is 2. The number of morpholine rings is 1. The molecule has 0 bridgehead atoms. The van der Waals surface area contributed by atoms with Crippen LogP contribution in [0.5, 0.6) is 0 Å². The Kier molecular flexibility index (Phi) is 10.9. The molecule has 1 aliphatic rings. The summed E-state index contributed by atoms with van der Waals surface area (Å²) in [7, 11) is 0. The Labute approximate surface area is 223 Å². The van der Waals surface area contributed by atoms with Gasteiger partial charge in [0.05, 0.1) is 25.9 Å². The highest BCUT2D eigenvalue weighted by molar-refractivity contribution is 6.04. The van der Waals surface area contributed by atoms with E-state index in [0.29, 0.717) is 17.1 Å². The van der Waals surface area contributed by atoms with Gasteiger partial charge in [-0.25, -0.2) is 0 Å². The van der Waals surface area contributed by atoms with Crippen molar-refractivity contribution in [1.29, 1.82) is 5.26 Å². The van der Waals surface area contributed by atoms with Crippen LogP contribution < -0.4 is 21.1 Å². The monoisotopic (exact) mass is 520 g/mol. The number of hydrogen-bond donors (Lipinski definition) is 4. The fourth-order valence-corrected chi connectivity index (χ4v) is 3.97. The van der Waals surface area contributed by atoms with Gasteiger partial charge in [0.1, 0.15) is 23.2 Å². The number of ether oxygens (including phenoxy) is 1. The Morgan fingerprint density at radius 1 is 1.26 bits per heavy atom. The molecule has 2 heterocycles. The van der Waals surface area contributed by atoms with Crippen LogP contribution in [0.4, 0.5) is 0 Å². The standard InChI is InChI=1S/C29H36N4O5/c1-4-24(31-9-10-33-11-13-37-14-12-33)16-22-5-6-23(15-20(22)2)28-8-7-27(38-28)21(3)26(17-30)29(36)32-18-25(35)19-34/h4-8,15-16,25,31,34-35H,2,9-14,18-19H2,1,3H3,(H,32,36)/b22-16-,24-4+,26-21+. The molecule has 1 aromatic carbocycles. The van der Waals surface area contributed by atoms with E-state index >= 15 is 0 Å². The maximum atomic E-state index is 12.4. The summed E-state index contributed by atoms with van der Waals surface area (Å²) in [5.41, 5.74) is 2.09. The van der Waals surface area contributed by atoms with Crippen molar-refractivity contribution >= 4 is 24.1 Å². The number of hydrogen-bond acceptors (Lipinski definition) is 8. The predicted molar refractivity (Wildman–Crippen MR) is 147 cm³/mol. The molecule has 1 aromatic heterocycles. The van der Waals surface area contributed by atoms with E-state index in [4.69, 9.17) is 14.3 Å². The number of furan rings is 1. The number of carbonyl (C=O) groups excluding carboxylic acids is 1. The first-order chi connectivity index (χ1) is 18.4. The first kappa shape index (κ1) is 28.9. The maximum Gasteiger partial charge on any atom is 0.262 e. The van der Waals surface area contributed by atoms with Crippen LogP contribution in [0.1, 0.15) is 19.6 Å². The zero-order valence-electron chi connectivity index (χ0n) is 22.0. The number of aliphatic hydroxyl groups is 2. The van der Waals surface area contributed by atoms with E-state index < -0.39 is 18.6 Å². The molecule has 0 radical (unpaired) electrons. The molecule has 1 amide bonds. The molecule has 0 saturated carbocycles. The first-order valence-corrected chi connectivity index (χ1v) is 12.7. The van der Waals surface area contributed by atoms with Crippen LogP contribution in [0.15, 0.2) is 52.1 Å². The number of aliphatic hydroxyl groups excluding tert-OH is 2. The average Bonchev–Trinajstić information content (AvgIpc) is 3.43. The second kappa shape index (κ2) is 14.3. The molecule has 202 valence electrons. The number of nitriles is 1. The van der Waals surface area contributed by atoms with Crippen LogP contribution in [0.3, 0.4) is 0 Å². The molecule has 1 aliphatic heterocycles. The number of benzene rings is 1. The third kappa shape index (κ3) is 7.91. The van der Waals surface area contributed by atoms with Crippen LogP contribution >= 0.6 is 0 Å². The topological polar surface area (TPSA) is 131 Å². The van der Waals surface area contributed by atoms with Gasteiger partial charge in [-0.1, -0.05) is 24.8 Å². The predicted octanol–water partition coefficient (Wildman–Crippen LogP) is 0.729. The smallest absolute Gasteiger partial charge is 0.262 e. The molecule has 38 heavy (non-hydrogen) atoms. The Morgan fingerprint density at radius 3 is 2.68 bits per heavy atom. The summed E-state index contributed by atoms with van der Waals surface area (Å²) >= 11 is 0. The number of allylic oxidation sites excluding steroid dienone is 3. The van der Waals surface area contributed by atoms with Crippen molar-refractivity contribution in [1.82, 2.24) is 15.5 Å². The Balaban J connectivity index is 1.71. The van der Waals surface area contributed by atoms with Gasteiger partial charge in [0.15, 0.2) is 0 Å². The van der Waals surface area contributed by atoms with E-state index in [0.717, 1.165) is 61.1 Å². The van der Waals surface area contributed by atoms with Crippen molar-refractivity contribution in [2.45, 2.75) is 20.0 Å². The zero-order chi connectivity index (χ0) is 27.5. The molecule has 3 rings (SSSR count). The largest absolute Gasteiger partial charge is 0.456 e. The van der Waals surface area contributed by atoms with Crippen LogP contribution in [-0.4, -0.2) is 79.7 Å². The molecule has 1 fully saturated rings. The highest BCUT2D eigenvalue weighted by Crippen LogP contribution is 2.26. The van der Waals surface area contributed by atoms with Crippen molar-refractivity contribution < 1.29 is 24.2 Å². The number of nitrogens with zero attached hydrogens (tertiary/aromatic N) is 2. The lowest BCUT2D eigenvalue weighted by Crippen LogP contribution is -2.40. The SMILES string of the molecule is C=c1cc(-c2ccc(/C(C)=C(\C#N)C(=O)NCC(O)CO)o2)cc/c1=C/C(=C\C)NCCN1CCOCC1. The van der Waals surface area contributed by atoms with E-state index in [1.54, 1.807) is 19.1 Å². The summed E-state index contributed by atoms with van der Waals surface area (Å²) in [6, 6.07) is 11.2. The van der Waals surface area contributed by atoms with Crippen molar-refractivity contribution in [2.75, 3.05) is 52.5 Å². The van der Waals surface area contributed by atoms with Gasteiger partial charge in [0.2, 0.25) is 0 Å².